The first kappa shape index (κ1) is 20.2. The Labute approximate surface area is 187 Å². The Bertz CT molecular complexity index is 1320. The van der Waals surface area contributed by atoms with Gasteiger partial charge in [0.15, 0.2) is 0 Å². The van der Waals surface area contributed by atoms with Crippen molar-refractivity contribution < 1.29 is 4.79 Å². The van der Waals surface area contributed by atoms with Crippen molar-refractivity contribution in [1.29, 1.82) is 0 Å². The average molecular weight is 456 g/mol. The highest BCUT2D eigenvalue weighted by molar-refractivity contribution is 7.18. The number of likely N-dealkylation sites (tertiary alicyclic amines) is 1. The third-order valence-corrected chi connectivity index (χ3v) is 7.39. The quantitative estimate of drug-likeness (QED) is 0.427. The van der Waals surface area contributed by atoms with Crippen molar-refractivity contribution in [3.8, 4) is 0 Å². The molecule has 9 heteroatoms. The molecule has 1 amide bonds. The minimum absolute atomic E-state index is 0.0506. The predicted octanol–water partition coefficient (Wildman–Crippen LogP) is 4.33. The summed E-state index contributed by atoms with van der Waals surface area (Å²) in [4.78, 5) is 36.6. The molecule has 0 radical (unpaired) electrons. The van der Waals surface area contributed by atoms with Crippen LogP contribution in [-0.4, -0.2) is 44.9 Å². The van der Waals surface area contributed by atoms with Crippen molar-refractivity contribution in [2.75, 3.05) is 18.4 Å². The van der Waals surface area contributed by atoms with E-state index in [4.69, 9.17) is 16.6 Å². The number of imidazole rings is 1. The summed E-state index contributed by atoms with van der Waals surface area (Å²) in [6, 6.07) is 11.0. The number of piperidine rings is 1. The van der Waals surface area contributed by atoms with Gasteiger partial charge < -0.3 is 15.3 Å². The number of aromatic amines is 2. The molecule has 0 aliphatic carbocycles. The molecule has 0 unspecified atom stereocenters. The summed E-state index contributed by atoms with van der Waals surface area (Å²) in [6.45, 7) is 3.63. The van der Waals surface area contributed by atoms with Gasteiger partial charge in [-0.15, -0.1) is 11.3 Å². The summed E-state index contributed by atoms with van der Waals surface area (Å²) in [5.74, 6) is 0.362. The van der Waals surface area contributed by atoms with E-state index < -0.39 is 0 Å². The number of amides is 1. The van der Waals surface area contributed by atoms with Gasteiger partial charge in [0.2, 0.25) is 5.91 Å². The number of carbonyl (C=O) groups excluding carboxylic acids is 1. The summed E-state index contributed by atoms with van der Waals surface area (Å²) >= 11 is 7.83. The fraction of sp³-hybridized carbons (Fsp3) is 0.318. The van der Waals surface area contributed by atoms with Crippen LogP contribution < -0.4 is 11.0 Å². The van der Waals surface area contributed by atoms with E-state index in [0.717, 1.165) is 46.7 Å². The van der Waals surface area contributed by atoms with Crippen LogP contribution in [0.3, 0.4) is 0 Å². The maximum absolute atomic E-state index is 12.8. The molecule has 5 rings (SSSR count). The summed E-state index contributed by atoms with van der Waals surface area (Å²) in [5, 5.41) is 4.83. The molecule has 2 aromatic heterocycles. The number of nitrogens with zero attached hydrogens (tertiary/aromatic N) is 2. The number of aromatic nitrogens is 3. The van der Waals surface area contributed by atoms with Crippen LogP contribution in [0.4, 0.5) is 5.69 Å². The van der Waals surface area contributed by atoms with Gasteiger partial charge in [-0.3, -0.25) is 9.69 Å². The van der Waals surface area contributed by atoms with Crippen LogP contribution in [0, 0.1) is 0 Å². The number of anilines is 1. The zero-order chi connectivity index (χ0) is 21.5. The number of hydrogen-bond acceptors (Lipinski definition) is 5. The van der Waals surface area contributed by atoms with Crippen molar-refractivity contribution in [3.63, 3.8) is 0 Å². The third kappa shape index (κ3) is 4.11. The largest absolute Gasteiger partial charge is 0.325 e. The Morgan fingerprint density at radius 1 is 1.19 bits per heavy atom. The first-order valence-electron chi connectivity index (χ1n) is 10.3. The van der Waals surface area contributed by atoms with E-state index in [1.807, 2.05) is 25.1 Å². The topological polar surface area (TPSA) is 93.9 Å². The van der Waals surface area contributed by atoms with Gasteiger partial charge in [0.1, 0.15) is 0 Å². The third-order valence-electron chi connectivity index (χ3n) is 5.96. The Balaban J connectivity index is 1.21. The molecule has 0 saturated carbocycles. The van der Waals surface area contributed by atoms with E-state index in [2.05, 4.69) is 20.2 Å². The number of carbonyl (C=O) groups is 1. The number of thiazole rings is 1. The van der Waals surface area contributed by atoms with Crippen LogP contribution in [-0.2, 0) is 4.79 Å². The first-order valence-corrected chi connectivity index (χ1v) is 11.5. The molecule has 160 valence electrons. The molecular formula is C22H22ClN5O2S. The fourth-order valence-electron chi connectivity index (χ4n) is 4.15. The second-order valence-electron chi connectivity index (χ2n) is 7.98. The van der Waals surface area contributed by atoms with E-state index in [0.29, 0.717) is 22.1 Å². The normalized spacial score (nSPS) is 16.7. The Kier molecular flexibility index (Phi) is 5.29. The Hall–Kier alpha value is -2.68. The molecule has 2 aromatic carbocycles. The van der Waals surface area contributed by atoms with Gasteiger partial charge >= 0.3 is 5.69 Å². The molecule has 1 saturated heterocycles. The number of fused-ring (bicyclic) bond motifs is 2. The number of hydrogen-bond donors (Lipinski definition) is 3. The van der Waals surface area contributed by atoms with Gasteiger partial charge in [-0.25, -0.2) is 9.78 Å². The summed E-state index contributed by atoms with van der Waals surface area (Å²) in [6.07, 6.45) is 1.95. The Morgan fingerprint density at radius 3 is 2.77 bits per heavy atom. The van der Waals surface area contributed by atoms with Crippen LogP contribution in [0.1, 0.15) is 30.7 Å². The number of halogens is 1. The van der Waals surface area contributed by atoms with Crippen LogP contribution in [0.2, 0.25) is 5.02 Å². The Morgan fingerprint density at radius 2 is 1.97 bits per heavy atom. The molecule has 1 atom stereocenters. The number of nitrogens with one attached hydrogen (secondary N) is 3. The molecule has 3 N–H and O–H groups in total. The lowest BCUT2D eigenvalue weighted by Crippen LogP contribution is -2.45. The van der Waals surface area contributed by atoms with Gasteiger partial charge in [-0.2, -0.15) is 0 Å². The lowest BCUT2D eigenvalue weighted by atomic mass is 9.96. The highest BCUT2D eigenvalue weighted by Gasteiger charge is 2.28. The molecule has 31 heavy (non-hydrogen) atoms. The highest BCUT2D eigenvalue weighted by Crippen LogP contribution is 2.35. The molecule has 4 aromatic rings. The SMILES string of the molecule is C[C@@H](C(=O)Nc1ccc2[nH]c(=O)[nH]c2c1)N1CCC(c2nc3cc(Cl)ccc3s2)CC1. The monoisotopic (exact) mass is 455 g/mol. The smallest absolute Gasteiger partial charge is 0.323 e. The number of benzene rings is 2. The lowest BCUT2D eigenvalue weighted by Gasteiger charge is -2.34. The highest BCUT2D eigenvalue weighted by atomic mass is 35.5. The number of rotatable bonds is 4. The molecule has 0 spiro atoms. The molecule has 1 aliphatic rings. The molecule has 1 aliphatic heterocycles. The van der Waals surface area contributed by atoms with E-state index in [1.54, 1.807) is 29.5 Å². The van der Waals surface area contributed by atoms with Crippen molar-refractivity contribution in [2.24, 2.45) is 0 Å². The van der Waals surface area contributed by atoms with Crippen LogP contribution in [0.5, 0.6) is 0 Å². The fourth-order valence-corrected chi connectivity index (χ4v) is 5.43. The van der Waals surface area contributed by atoms with Gasteiger partial charge in [0, 0.05) is 16.6 Å². The zero-order valence-corrected chi connectivity index (χ0v) is 18.5. The predicted molar refractivity (Wildman–Crippen MR) is 125 cm³/mol. The average Bonchev–Trinajstić information content (AvgIpc) is 3.35. The van der Waals surface area contributed by atoms with Crippen LogP contribution in [0.15, 0.2) is 41.2 Å². The van der Waals surface area contributed by atoms with Gasteiger partial charge in [0.05, 0.1) is 32.3 Å². The van der Waals surface area contributed by atoms with Crippen molar-refractivity contribution in [3.05, 3.63) is 56.9 Å². The molecule has 7 nitrogen and oxygen atoms in total. The zero-order valence-electron chi connectivity index (χ0n) is 16.9. The van der Waals surface area contributed by atoms with Gasteiger partial charge in [-0.1, -0.05) is 11.6 Å². The van der Waals surface area contributed by atoms with Crippen LogP contribution in [0.25, 0.3) is 21.3 Å². The van der Waals surface area contributed by atoms with E-state index in [1.165, 1.54) is 0 Å². The maximum Gasteiger partial charge on any atom is 0.323 e. The molecule has 3 heterocycles. The van der Waals surface area contributed by atoms with E-state index >= 15 is 0 Å². The summed E-state index contributed by atoms with van der Waals surface area (Å²) in [5.41, 5.74) is 2.76. The molecule has 1 fully saturated rings. The van der Waals surface area contributed by atoms with E-state index in [9.17, 15) is 9.59 Å². The summed E-state index contributed by atoms with van der Waals surface area (Å²) in [7, 11) is 0. The molecular weight excluding hydrogens is 434 g/mol. The minimum atomic E-state index is -0.258. The lowest BCUT2D eigenvalue weighted by molar-refractivity contribution is -0.121. The molecule has 0 bridgehead atoms. The van der Waals surface area contributed by atoms with Crippen molar-refractivity contribution in [2.45, 2.75) is 31.7 Å². The van der Waals surface area contributed by atoms with Crippen LogP contribution >= 0.6 is 22.9 Å². The second-order valence-corrected chi connectivity index (χ2v) is 9.48. The summed E-state index contributed by atoms with van der Waals surface area (Å²) < 4.78 is 1.16. The van der Waals surface area contributed by atoms with Gasteiger partial charge in [0.25, 0.3) is 0 Å². The van der Waals surface area contributed by atoms with Gasteiger partial charge in [-0.05, 0) is 69.3 Å². The minimum Gasteiger partial charge on any atom is -0.325 e. The van der Waals surface area contributed by atoms with Crippen molar-refractivity contribution in [1.82, 2.24) is 19.9 Å². The first-order chi connectivity index (χ1) is 15.0. The second kappa shape index (κ2) is 8.11. The standard InChI is InChI=1S/C22H22ClN5O2S/c1-12(20(29)24-15-3-4-16-17(11-15)27-22(30)26-16)28-8-6-13(7-9-28)21-25-18-10-14(23)2-5-19(18)31-21/h2-5,10-13H,6-9H2,1H3,(H,24,29)(H2,26,27,30)/t12-/m0/s1. The maximum atomic E-state index is 12.8. The number of H-pyrrole nitrogens is 2. The van der Waals surface area contributed by atoms with Crippen molar-refractivity contribution >= 4 is 55.8 Å². The van der Waals surface area contributed by atoms with E-state index in [-0.39, 0.29) is 17.6 Å².